The van der Waals surface area contributed by atoms with E-state index in [0.717, 1.165) is 6.42 Å². The molecule has 0 amide bonds. The van der Waals surface area contributed by atoms with E-state index < -0.39 is 8.07 Å². The monoisotopic (exact) mass is 632 g/mol. The summed E-state index contributed by atoms with van der Waals surface area (Å²) in [6, 6.07) is 23.3. The second kappa shape index (κ2) is 13.8. The van der Waals surface area contributed by atoms with Crippen molar-refractivity contribution in [2.45, 2.75) is 146 Å². The molecule has 3 aromatic rings. The molecule has 0 fully saturated rings. The van der Waals surface area contributed by atoms with E-state index in [-0.39, 0.29) is 5.41 Å². The van der Waals surface area contributed by atoms with Gasteiger partial charge < -0.3 is 0 Å². The molecule has 1 aliphatic rings. The Morgan fingerprint density at radius 2 is 0.674 bits per heavy atom. The van der Waals surface area contributed by atoms with Gasteiger partial charge in [-0.25, -0.2) is 0 Å². The Morgan fingerprint density at radius 1 is 0.413 bits per heavy atom. The lowest BCUT2D eigenvalue weighted by Crippen LogP contribution is -2.69. The average Bonchev–Trinajstić information content (AvgIpc) is 3.48. The topological polar surface area (TPSA) is 0 Å². The first kappa shape index (κ1) is 36.2. The Kier molecular flexibility index (Phi) is 10.9. The van der Waals surface area contributed by atoms with Crippen molar-refractivity contribution in [1.29, 1.82) is 0 Å². The molecular weight excluding hydrogens is 569 g/mol. The average molecular weight is 633 g/mol. The van der Waals surface area contributed by atoms with Gasteiger partial charge in [0.05, 0.1) is 0 Å². The first-order valence-electron chi connectivity index (χ1n) is 18.3. The van der Waals surface area contributed by atoms with Crippen LogP contribution in [0.1, 0.15) is 179 Å². The SMILES string of the molecule is CC(C)c1cc(C(C)C)cc([Si](C2=CCC=C2C(C)(C)C)(c2cc(C(C)C)cc(C(C)C)c2)c2cc(C(C)C)cc(C(C)C)c2)c1. The molecule has 0 unspecified atom stereocenters. The van der Waals surface area contributed by atoms with Gasteiger partial charge in [0.2, 0.25) is 0 Å². The predicted octanol–water partition coefficient (Wildman–Crippen LogP) is 11.7. The van der Waals surface area contributed by atoms with Crippen molar-refractivity contribution in [3.05, 3.63) is 111 Å². The van der Waals surface area contributed by atoms with E-state index in [1.807, 2.05) is 0 Å². The maximum Gasteiger partial charge on any atom is 0.179 e. The van der Waals surface area contributed by atoms with E-state index in [9.17, 15) is 0 Å². The number of hydrogen-bond donors (Lipinski definition) is 0. The Morgan fingerprint density at radius 3 is 0.891 bits per heavy atom. The highest BCUT2D eigenvalue weighted by atomic mass is 28.3. The van der Waals surface area contributed by atoms with E-state index >= 15 is 0 Å². The van der Waals surface area contributed by atoms with E-state index in [0.29, 0.717) is 35.5 Å². The summed E-state index contributed by atoms with van der Waals surface area (Å²) in [7, 11) is -2.83. The second-order valence-corrected chi connectivity index (χ2v) is 20.8. The Hall–Kier alpha value is -2.64. The molecule has 0 nitrogen and oxygen atoms in total. The fraction of sp³-hybridized carbons (Fsp3) is 0.511. The molecule has 0 N–H and O–H groups in total. The Balaban J connectivity index is 2.38. The third-order valence-corrected chi connectivity index (χ3v) is 15.1. The molecule has 0 spiro atoms. The molecule has 0 saturated carbocycles. The summed E-state index contributed by atoms with van der Waals surface area (Å²) in [5, 5.41) is 6.27. The summed E-state index contributed by atoms with van der Waals surface area (Å²) >= 11 is 0. The van der Waals surface area contributed by atoms with Crippen molar-refractivity contribution in [3.63, 3.8) is 0 Å². The molecule has 3 aromatic carbocycles. The van der Waals surface area contributed by atoms with Crippen LogP contribution < -0.4 is 15.6 Å². The number of rotatable bonds is 10. The predicted molar refractivity (Wildman–Crippen MR) is 209 cm³/mol. The minimum Gasteiger partial charge on any atom is -0.0801 e. The molecule has 0 bridgehead atoms. The van der Waals surface area contributed by atoms with Gasteiger partial charge in [0.25, 0.3) is 0 Å². The Labute approximate surface area is 284 Å². The molecule has 0 saturated heterocycles. The van der Waals surface area contributed by atoms with Crippen molar-refractivity contribution >= 4 is 23.6 Å². The van der Waals surface area contributed by atoms with Crippen LogP contribution in [0.15, 0.2) is 77.5 Å². The fourth-order valence-electron chi connectivity index (χ4n) is 7.23. The molecule has 0 aromatic heterocycles. The minimum absolute atomic E-state index is 0.0458. The maximum absolute atomic E-state index is 2.83. The van der Waals surface area contributed by atoms with E-state index in [1.165, 1.54) is 33.4 Å². The van der Waals surface area contributed by atoms with E-state index in [1.54, 1.807) is 26.3 Å². The molecule has 0 atom stereocenters. The molecule has 248 valence electrons. The maximum atomic E-state index is 2.64. The van der Waals surface area contributed by atoms with Gasteiger partial charge in [-0.15, -0.1) is 0 Å². The van der Waals surface area contributed by atoms with Crippen molar-refractivity contribution < 1.29 is 0 Å². The molecule has 0 heterocycles. The van der Waals surface area contributed by atoms with Crippen LogP contribution >= 0.6 is 0 Å². The second-order valence-electron chi connectivity index (χ2n) is 17.1. The molecule has 46 heavy (non-hydrogen) atoms. The van der Waals surface area contributed by atoms with Crippen LogP contribution in [-0.4, -0.2) is 8.07 Å². The smallest absolute Gasteiger partial charge is 0.0801 e. The van der Waals surface area contributed by atoms with Gasteiger partial charge in [0, 0.05) is 0 Å². The zero-order valence-electron chi connectivity index (χ0n) is 32.0. The van der Waals surface area contributed by atoms with Gasteiger partial charge in [-0.05, 0) is 107 Å². The lowest BCUT2D eigenvalue weighted by molar-refractivity contribution is 0.515. The first-order valence-corrected chi connectivity index (χ1v) is 20.3. The Bertz CT molecular complexity index is 1360. The third kappa shape index (κ3) is 7.11. The van der Waals surface area contributed by atoms with Crippen LogP contribution in [0.2, 0.25) is 0 Å². The highest BCUT2D eigenvalue weighted by Gasteiger charge is 2.48. The van der Waals surface area contributed by atoms with E-state index in [4.69, 9.17) is 0 Å². The molecule has 0 radical (unpaired) electrons. The van der Waals surface area contributed by atoms with Gasteiger partial charge in [0.15, 0.2) is 8.07 Å². The summed E-state index contributed by atoms with van der Waals surface area (Å²) in [5.41, 5.74) is 10.4. The highest BCUT2D eigenvalue weighted by molar-refractivity contribution is 7.16. The minimum atomic E-state index is -2.83. The van der Waals surface area contributed by atoms with Crippen LogP contribution in [0.25, 0.3) is 0 Å². The van der Waals surface area contributed by atoms with Gasteiger partial charge >= 0.3 is 0 Å². The van der Waals surface area contributed by atoms with Gasteiger partial charge in [0.1, 0.15) is 0 Å². The summed E-state index contributed by atoms with van der Waals surface area (Å²) in [6.07, 6.45) is 6.20. The van der Waals surface area contributed by atoms with Gasteiger partial charge in [-0.3, -0.25) is 0 Å². The number of hydrogen-bond acceptors (Lipinski definition) is 0. The van der Waals surface area contributed by atoms with Crippen LogP contribution in [0.5, 0.6) is 0 Å². The van der Waals surface area contributed by atoms with Crippen LogP contribution in [0.3, 0.4) is 0 Å². The summed E-state index contributed by atoms with van der Waals surface area (Å²) in [6.45, 7) is 35.7. The fourth-order valence-corrected chi connectivity index (χ4v) is 12.8. The van der Waals surface area contributed by atoms with Crippen molar-refractivity contribution in [3.8, 4) is 0 Å². The normalized spacial score (nSPS) is 14.5. The van der Waals surface area contributed by atoms with Crippen molar-refractivity contribution in [2.75, 3.05) is 0 Å². The van der Waals surface area contributed by atoms with Crippen LogP contribution in [0, 0.1) is 5.41 Å². The summed E-state index contributed by atoms with van der Waals surface area (Å²) in [5.74, 6) is 2.75. The molecule has 1 heteroatoms. The largest absolute Gasteiger partial charge is 0.179 e. The molecular formula is C45H64Si. The number of allylic oxidation sites excluding steroid dienone is 4. The zero-order valence-corrected chi connectivity index (χ0v) is 33.0. The lowest BCUT2D eigenvalue weighted by atomic mass is 9.87. The first-order chi connectivity index (χ1) is 21.4. The lowest BCUT2D eigenvalue weighted by Gasteiger charge is -2.41. The molecule has 1 aliphatic carbocycles. The van der Waals surface area contributed by atoms with Crippen molar-refractivity contribution in [2.24, 2.45) is 5.41 Å². The van der Waals surface area contributed by atoms with Crippen LogP contribution in [-0.2, 0) is 0 Å². The molecule has 0 aliphatic heterocycles. The van der Waals surface area contributed by atoms with Gasteiger partial charge in [-0.2, -0.15) is 0 Å². The highest BCUT2D eigenvalue weighted by Crippen LogP contribution is 2.41. The quantitative estimate of drug-likeness (QED) is 0.154. The summed E-state index contributed by atoms with van der Waals surface area (Å²) < 4.78 is 0. The van der Waals surface area contributed by atoms with Crippen LogP contribution in [0.4, 0.5) is 0 Å². The number of benzene rings is 3. The molecule has 4 rings (SSSR count). The third-order valence-electron chi connectivity index (χ3n) is 10.4. The van der Waals surface area contributed by atoms with E-state index in [2.05, 4.69) is 171 Å². The van der Waals surface area contributed by atoms with Crippen molar-refractivity contribution in [1.82, 2.24) is 0 Å². The summed E-state index contributed by atoms with van der Waals surface area (Å²) in [4.78, 5) is 0. The zero-order chi connectivity index (χ0) is 34.3. The van der Waals surface area contributed by atoms with Gasteiger partial charge in [-0.1, -0.05) is 171 Å². The standard InChI is InChI=1S/C45H64Si/c1-28(2)34-19-35(29(3)4)23-40(22-34)46(44-18-16-17-43(44)45(13,14)15,41-24-36(30(5)6)20-37(25-41)31(7)8)42-26-38(32(9)10)21-39(27-42)33(11)12/h17-33H,16H2,1-15H3.